The van der Waals surface area contributed by atoms with Crippen LogP contribution in [0.5, 0.6) is 5.75 Å². The summed E-state index contributed by atoms with van der Waals surface area (Å²) in [5.41, 5.74) is 6.43. The fraction of sp³-hybridized carbons (Fsp3) is 0.538. The Kier molecular flexibility index (Phi) is 6.27. The topological polar surface area (TPSA) is 89.6 Å². The molecular weight excluding hydrogens is 266 g/mol. The van der Waals surface area contributed by atoms with E-state index in [0.29, 0.717) is 18.7 Å². The van der Waals surface area contributed by atoms with Crippen LogP contribution >= 0.6 is 0 Å². The lowest BCUT2D eigenvalue weighted by atomic mass is 10.2. The predicted molar refractivity (Wildman–Crippen MR) is 74.8 cm³/mol. The number of nitrogens with two attached hydrogens (primary N) is 1. The summed E-state index contributed by atoms with van der Waals surface area (Å²) in [5.74, 6) is 0.402. The molecule has 0 bridgehead atoms. The number of aliphatic hydroxyl groups excluding tert-OH is 1. The van der Waals surface area contributed by atoms with Crippen molar-refractivity contribution >= 4 is 9.84 Å². The van der Waals surface area contributed by atoms with Crippen LogP contribution in [0.4, 0.5) is 0 Å². The number of sulfone groups is 1. The van der Waals surface area contributed by atoms with Gasteiger partial charge in [0.25, 0.3) is 0 Å². The van der Waals surface area contributed by atoms with E-state index in [-0.39, 0.29) is 18.1 Å². The fourth-order valence-corrected chi connectivity index (χ4v) is 3.16. The van der Waals surface area contributed by atoms with E-state index >= 15 is 0 Å². The zero-order valence-electron chi connectivity index (χ0n) is 11.1. The van der Waals surface area contributed by atoms with Crippen LogP contribution in [0.2, 0.25) is 0 Å². The maximum atomic E-state index is 11.5. The first-order valence-electron chi connectivity index (χ1n) is 6.27. The largest absolute Gasteiger partial charge is 0.491 e. The SMILES string of the molecule is CCCS(=O)(=O)CC(O)COc1cccc(CN)c1. The highest BCUT2D eigenvalue weighted by Crippen LogP contribution is 2.13. The van der Waals surface area contributed by atoms with Gasteiger partial charge in [-0.15, -0.1) is 0 Å². The van der Waals surface area contributed by atoms with Gasteiger partial charge < -0.3 is 15.6 Å². The minimum absolute atomic E-state index is 0.0447. The second-order valence-electron chi connectivity index (χ2n) is 4.43. The summed E-state index contributed by atoms with van der Waals surface area (Å²) in [7, 11) is -3.20. The fourth-order valence-electron chi connectivity index (χ4n) is 1.69. The molecule has 0 aliphatic rings. The molecule has 0 aliphatic heterocycles. The Labute approximate surface area is 114 Å². The molecule has 1 aromatic rings. The van der Waals surface area contributed by atoms with Crippen molar-refractivity contribution in [2.45, 2.75) is 26.0 Å². The first-order valence-corrected chi connectivity index (χ1v) is 8.09. The van der Waals surface area contributed by atoms with Crippen LogP contribution in [-0.4, -0.2) is 37.7 Å². The molecule has 3 N–H and O–H groups in total. The minimum atomic E-state index is -3.20. The van der Waals surface area contributed by atoms with Crippen molar-refractivity contribution in [3.63, 3.8) is 0 Å². The summed E-state index contributed by atoms with van der Waals surface area (Å²) < 4.78 is 28.4. The molecule has 1 rings (SSSR count). The van der Waals surface area contributed by atoms with Gasteiger partial charge >= 0.3 is 0 Å². The third-order valence-electron chi connectivity index (χ3n) is 2.54. The standard InChI is InChI=1S/C13H21NO4S/c1-2-6-19(16,17)10-12(15)9-18-13-5-3-4-11(7-13)8-14/h3-5,7,12,15H,2,6,8-10,14H2,1H3. The quantitative estimate of drug-likeness (QED) is 0.735. The molecule has 0 heterocycles. The third-order valence-corrected chi connectivity index (χ3v) is 4.46. The van der Waals surface area contributed by atoms with Crippen molar-refractivity contribution < 1.29 is 18.3 Å². The van der Waals surface area contributed by atoms with Gasteiger partial charge in [0.15, 0.2) is 9.84 Å². The first kappa shape index (κ1) is 15.9. The molecule has 19 heavy (non-hydrogen) atoms. The normalized spacial score (nSPS) is 13.2. The number of aliphatic hydroxyl groups is 1. The summed E-state index contributed by atoms with van der Waals surface area (Å²) in [6, 6.07) is 7.19. The summed E-state index contributed by atoms with van der Waals surface area (Å²) in [6.45, 7) is 2.15. The molecule has 0 fully saturated rings. The number of benzene rings is 1. The molecule has 0 amide bonds. The average Bonchev–Trinajstić information content (AvgIpc) is 2.36. The Morgan fingerprint density at radius 1 is 1.42 bits per heavy atom. The number of rotatable bonds is 8. The van der Waals surface area contributed by atoms with Gasteiger partial charge in [0.05, 0.1) is 11.5 Å². The van der Waals surface area contributed by atoms with Crippen LogP contribution in [0.1, 0.15) is 18.9 Å². The summed E-state index contributed by atoms with van der Waals surface area (Å²) in [6.07, 6.45) is -0.466. The van der Waals surface area contributed by atoms with Crippen molar-refractivity contribution in [2.75, 3.05) is 18.1 Å². The lowest BCUT2D eigenvalue weighted by Crippen LogP contribution is -2.28. The maximum Gasteiger partial charge on any atom is 0.152 e. The lowest BCUT2D eigenvalue weighted by Gasteiger charge is -2.13. The van der Waals surface area contributed by atoms with Gasteiger partial charge in [-0.2, -0.15) is 0 Å². The lowest BCUT2D eigenvalue weighted by molar-refractivity contribution is 0.125. The Hall–Kier alpha value is -1.11. The van der Waals surface area contributed by atoms with E-state index in [0.717, 1.165) is 5.56 Å². The van der Waals surface area contributed by atoms with Crippen molar-refractivity contribution in [1.82, 2.24) is 0 Å². The smallest absolute Gasteiger partial charge is 0.152 e. The van der Waals surface area contributed by atoms with Crippen LogP contribution in [-0.2, 0) is 16.4 Å². The second kappa shape index (κ2) is 7.47. The molecule has 0 spiro atoms. The Bertz CT molecular complexity index is 487. The number of ether oxygens (including phenoxy) is 1. The van der Waals surface area contributed by atoms with Gasteiger partial charge in [0, 0.05) is 6.54 Å². The Morgan fingerprint density at radius 3 is 2.79 bits per heavy atom. The maximum absolute atomic E-state index is 11.5. The summed E-state index contributed by atoms with van der Waals surface area (Å²) in [4.78, 5) is 0. The van der Waals surface area contributed by atoms with E-state index in [1.807, 2.05) is 6.07 Å². The zero-order valence-corrected chi connectivity index (χ0v) is 11.9. The monoisotopic (exact) mass is 287 g/mol. The molecule has 0 saturated carbocycles. The molecule has 0 aliphatic carbocycles. The van der Waals surface area contributed by atoms with Gasteiger partial charge in [-0.25, -0.2) is 8.42 Å². The second-order valence-corrected chi connectivity index (χ2v) is 6.66. The average molecular weight is 287 g/mol. The van der Waals surface area contributed by atoms with Crippen LogP contribution in [0.25, 0.3) is 0 Å². The van der Waals surface area contributed by atoms with Gasteiger partial charge in [0.1, 0.15) is 18.5 Å². The molecule has 108 valence electrons. The van der Waals surface area contributed by atoms with E-state index in [4.69, 9.17) is 10.5 Å². The highest BCUT2D eigenvalue weighted by atomic mass is 32.2. The van der Waals surface area contributed by atoms with E-state index in [1.165, 1.54) is 0 Å². The highest BCUT2D eigenvalue weighted by molar-refractivity contribution is 7.91. The van der Waals surface area contributed by atoms with Crippen LogP contribution in [0.3, 0.4) is 0 Å². The van der Waals surface area contributed by atoms with E-state index < -0.39 is 15.9 Å². The summed E-state index contributed by atoms with van der Waals surface area (Å²) >= 11 is 0. The summed E-state index contributed by atoms with van der Waals surface area (Å²) in [5, 5.41) is 9.67. The first-order chi connectivity index (χ1) is 8.96. The van der Waals surface area contributed by atoms with E-state index in [9.17, 15) is 13.5 Å². The molecule has 1 aromatic carbocycles. The van der Waals surface area contributed by atoms with Crippen molar-refractivity contribution in [3.8, 4) is 5.75 Å². The highest BCUT2D eigenvalue weighted by Gasteiger charge is 2.16. The Balaban J connectivity index is 2.47. The molecule has 0 radical (unpaired) electrons. The molecule has 0 aromatic heterocycles. The molecule has 0 saturated heterocycles. The van der Waals surface area contributed by atoms with Crippen LogP contribution in [0, 0.1) is 0 Å². The molecule has 1 unspecified atom stereocenters. The number of hydrogen-bond donors (Lipinski definition) is 2. The Morgan fingerprint density at radius 2 is 2.16 bits per heavy atom. The molecule has 6 heteroatoms. The predicted octanol–water partition coefficient (Wildman–Crippen LogP) is 0.710. The van der Waals surface area contributed by atoms with Gasteiger partial charge in [-0.3, -0.25) is 0 Å². The van der Waals surface area contributed by atoms with Crippen LogP contribution < -0.4 is 10.5 Å². The van der Waals surface area contributed by atoms with Crippen LogP contribution in [0.15, 0.2) is 24.3 Å². The third kappa shape index (κ3) is 6.04. The van der Waals surface area contributed by atoms with Gasteiger partial charge in [-0.05, 0) is 24.1 Å². The van der Waals surface area contributed by atoms with E-state index in [2.05, 4.69) is 0 Å². The molecule has 5 nitrogen and oxygen atoms in total. The zero-order chi connectivity index (χ0) is 14.3. The van der Waals surface area contributed by atoms with Gasteiger partial charge in [0.2, 0.25) is 0 Å². The number of hydrogen-bond acceptors (Lipinski definition) is 5. The van der Waals surface area contributed by atoms with E-state index in [1.54, 1.807) is 25.1 Å². The van der Waals surface area contributed by atoms with Crippen molar-refractivity contribution in [2.24, 2.45) is 5.73 Å². The van der Waals surface area contributed by atoms with Crippen molar-refractivity contribution in [1.29, 1.82) is 0 Å². The minimum Gasteiger partial charge on any atom is -0.491 e. The molecular formula is C13H21NO4S. The van der Waals surface area contributed by atoms with Gasteiger partial charge in [-0.1, -0.05) is 19.1 Å². The molecule has 1 atom stereocenters. The van der Waals surface area contributed by atoms with Crippen molar-refractivity contribution in [3.05, 3.63) is 29.8 Å².